The molecule has 0 aliphatic heterocycles. The minimum absolute atomic E-state index is 0.227. The maximum absolute atomic E-state index is 11.9. The molecule has 2 rings (SSSR count). The van der Waals surface area contributed by atoms with Crippen LogP contribution in [0.4, 0.5) is 0 Å². The molecule has 0 atom stereocenters. The van der Waals surface area contributed by atoms with E-state index in [-0.39, 0.29) is 24.5 Å². The standard InChI is InChI=1S/C16H15NO5/c1-21-13-7-5-12(6-8-13)14(18)11-22-16(20)10-17-9-3-2-4-15(17)19/h2-9H,10-11H2,1H3. The predicted octanol–water partition coefficient (Wildman–Crippen LogP) is 1.28. The van der Waals surface area contributed by atoms with Gasteiger partial charge in [-0.2, -0.15) is 0 Å². The smallest absolute Gasteiger partial charge is 0.326 e. The van der Waals surface area contributed by atoms with E-state index in [0.717, 1.165) is 0 Å². The lowest BCUT2D eigenvalue weighted by molar-refractivity contribution is -0.143. The molecule has 1 aromatic heterocycles. The van der Waals surface area contributed by atoms with Gasteiger partial charge in [0.05, 0.1) is 7.11 Å². The third kappa shape index (κ3) is 4.05. The lowest BCUT2D eigenvalue weighted by Crippen LogP contribution is -2.25. The molecule has 0 saturated carbocycles. The van der Waals surface area contributed by atoms with Gasteiger partial charge < -0.3 is 14.0 Å². The van der Waals surface area contributed by atoms with Gasteiger partial charge in [0.1, 0.15) is 12.3 Å². The molecule has 114 valence electrons. The number of esters is 1. The lowest BCUT2D eigenvalue weighted by atomic mass is 10.1. The van der Waals surface area contributed by atoms with Crippen LogP contribution in [0.3, 0.4) is 0 Å². The molecular weight excluding hydrogens is 286 g/mol. The quantitative estimate of drug-likeness (QED) is 0.593. The summed E-state index contributed by atoms with van der Waals surface area (Å²) in [4.78, 5) is 35.0. The highest BCUT2D eigenvalue weighted by Gasteiger charge is 2.11. The van der Waals surface area contributed by atoms with Crippen molar-refractivity contribution in [3.63, 3.8) is 0 Å². The van der Waals surface area contributed by atoms with E-state index >= 15 is 0 Å². The molecule has 6 nitrogen and oxygen atoms in total. The van der Waals surface area contributed by atoms with Crippen LogP contribution in [0.1, 0.15) is 10.4 Å². The number of nitrogens with zero attached hydrogens (tertiary/aromatic N) is 1. The lowest BCUT2D eigenvalue weighted by Gasteiger charge is -2.06. The highest BCUT2D eigenvalue weighted by Crippen LogP contribution is 2.11. The normalized spacial score (nSPS) is 10.0. The maximum atomic E-state index is 11.9. The molecule has 0 spiro atoms. The number of hydrogen-bond donors (Lipinski definition) is 0. The summed E-state index contributed by atoms with van der Waals surface area (Å²) in [6.07, 6.45) is 1.48. The number of ketones is 1. The Morgan fingerprint density at radius 1 is 1.09 bits per heavy atom. The molecule has 0 N–H and O–H groups in total. The number of hydrogen-bond acceptors (Lipinski definition) is 5. The number of benzene rings is 1. The summed E-state index contributed by atoms with van der Waals surface area (Å²) < 4.78 is 11.1. The molecule has 1 aromatic carbocycles. The second-order valence-corrected chi connectivity index (χ2v) is 4.48. The first-order valence-corrected chi connectivity index (χ1v) is 6.58. The number of rotatable bonds is 6. The number of aromatic nitrogens is 1. The number of pyridine rings is 1. The van der Waals surface area contributed by atoms with Crippen molar-refractivity contribution in [2.45, 2.75) is 6.54 Å². The van der Waals surface area contributed by atoms with E-state index < -0.39 is 5.97 Å². The van der Waals surface area contributed by atoms with Crippen molar-refractivity contribution in [2.75, 3.05) is 13.7 Å². The summed E-state index contributed by atoms with van der Waals surface area (Å²) in [5, 5.41) is 0. The van der Waals surface area contributed by atoms with E-state index in [1.54, 1.807) is 36.4 Å². The predicted molar refractivity (Wildman–Crippen MR) is 79.0 cm³/mol. The summed E-state index contributed by atoms with van der Waals surface area (Å²) in [7, 11) is 1.53. The number of ether oxygens (including phenoxy) is 2. The summed E-state index contributed by atoms with van der Waals surface area (Å²) in [6.45, 7) is -0.595. The van der Waals surface area contributed by atoms with Gasteiger partial charge in [0.25, 0.3) is 5.56 Å². The Kier molecular flexibility index (Phi) is 5.08. The van der Waals surface area contributed by atoms with Crippen LogP contribution in [0.25, 0.3) is 0 Å². The number of carbonyl (C=O) groups is 2. The largest absolute Gasteiger partial charge is 0.497 e. The molecule has 0 aliphatic carbocycles. The van der Waals surface area contributed by atoms with Crippen LogP contribution in [0.5, 0.6) is 5.75 Å². The SMILES string of the molecule is COc1ccc(C(=O)COC(=O)Cn2ccccc2=O)cc1. The highest BCUT2D eigenvalue weighted by molar-refractivity contribution is 5.98. The summed E-state index contributed by atoms with van der Waals surface area (Å²) in [5.74, 6) is -0.330. The average molecular weight is 301 g/mol. The first kappa shape index (κ1) is 15.5. The van der Waals surface area contributed by atoms with E-state index in [1.807, 2.05) is 0 Å². The molecule has 0 fully saturated rings. The van der Waals surface area contributed by atoms with E-state index in [2.05, 4.69) is 0 Å². The van der Waals surface area contributed by atoms with Crippen molar-refractivity contribution in [3.05, 3.63) is 64.6 Å². The van der Waals surface area contributed by atoms with E-state index in [4.69, 9.17) is 9.47 Å². The third-order valence-electron chi connectivity index (χ3n) is 2.97. The highest BCUT2D eigenvalue weighted by atomic mass is 16.5. The second kappa shape index (κ2) is 7.21. The summed E-state index contributed by atoms with van der Waals surface area (Å²) in [5.41, 5.74) is 0.117. The van der Waals surface area contributed by atoms with Crippen molar-refractivity contribution in [1.29, 1.82) is 0 Å². The fraction of sp³-hybridized carbons (Fsp3) is 0.188. The molecule has 6 heteroatoms. The molecule has 0 bridgehead atoms. The van der Waals surface area contributed by atoms with Crippen LogP contribution < -0.4 is 10.3 Å². The monoisotopic (exact) mass is 301 g/mol. The van der Waals surface area contributed by atoms with Gasteiger partial charge in [0.2, 0.25) is 0 Å². The Morgan fingerprint density at radius 3 is 2.45 bits per heavy atom. The fourth-order valence-corrected chi connectivity index (χ4v) is 1.78. The van der Waals surface area contributed by atoms with Crippen LogP contribution in [-0.2, 0) is 16.1 Å². The molecule has 22 heavy (non-hydrogen) atoms. The van der Waals surface area contributed by atoms with Crippen molar-refractivity contribution in [3.8, 4) is 5.75 Å². The van der Waals surface area contributed by atoms with Gasteiger partial charge in [-0.15, -0.1) is 0 Å². The summed E-state index contributed by atoms with van der Waals surface area (Å²) in [6, 6.07) is 11.1. The Hall–Kier alpha value is -2.89. The van der Waals surface area contributed by atoms with Gasteiger partial charge in [0.15, 0.2) is 12.4 Å². The van der Waals surface area contributed by atoms with Gasteiger partial charge >= 0.3 is 5.97 Å². The number of Topliss-reactive ketones (excluding diaryl/α,β-unsaturated/α-hetero) is 1. The average Bonchev–Trinajstić information content (AvgIpc) is 2.55. The van der Waals surface area contributed by atoms with Crippen LogP contribution in [0.15, 0.2) is 53.5 Å². The topological polar surface area (TPSA) is 74.6 Å². The zero-order valence-corrected chi connectivity index (χ0v) is 12.0. The van der Waals surface area contributed by atoms with Crippen molar-refractivity contribution >= 4 is 11.8 Å². The van der Waals surface area contributed by atoms with Crippen molar-refractivity contribution < 1.29 is 19.1 Å². The minimum atomic E-state index is -0.643. The third-order valence-corrected chi connectivity index (χ3v) is 2.97. The Morgan fingerprint density at radius 2 is 1.82 bits per heavy atom. The zero-order chi connectivity index (χ0) is 15.9. The van der Waals surface area contributed by atoms with Crippen LogP contribution in [0, 0.1) is 0 Å². The maximum Gasteiger partial charge on any atom is 0.326 e. The van der Waals surface area contributed by atoms with Gasteiger partial charge in [-0.25, -0.2) is 0 Å². The van der Waals surface area contributed by atoms with Gasteiger partial charge in [-0.1, -0.05) is 6.07 Å². The summed E-state index contributed by atoms with van der Waals surface area (Å²) >= 11 is 0. The Bertz CT molecular complexity index is 718. The minimum Gasteiger partial charge on any atom is -0.497 e. The zero-order valence-electron chi connectivity index (χ0n) is 12.0. The van der Waals surface area contributed by atoms with Crippen LogP contribution in [0.2, 0.25) is 0 Å². The van der Waals surface area contributed by atoms with Gasteiger partial charge in [-0.05, 0) is 30.3 Å². The van der Waals surface area contributed by atoms with E-state index in [0.29, 0.717) is 11.3 Å². The Balaban J connectivity index is 1.89. The molecular formula is C16H15NO5. The molecule has 2 aromatic rings. The van der Waals surface area contributed by atoms with E-state index in [1.165, 1.54) is 23.9 Å². The number of methoxy groups -OCH3 is 1. The van der Waals surface area contributed by atoms with Gasteiger partial charge in [-0.3, -0.25) is 14.4 Å². The molecule has 0 saturated heterocycles. The van der Waals surface area contributed by atoms with Crippen LogP contribution in [-0.4, -0.2) is 30.0 Å². The second-order valence-electron chi connectivity index (χ2n) is 4.48. The molecule has 0 radical (unpaired) electrons. The van der Waals surface area contributed by atoms with Crippen molar-refractivity contribution in [2.24, 2.45) is 0 Å². The first-order valence-electron chi connectivity index (χ1n) is 6.58. The van der Waals surface area contributed by atoms with E-state index in [9.17, 15) is 14.4 Å². The fourth-order valence-electron chi connectivity index (χ4n) is 1.78. The van der Waals surface area contributed by atoms with Crippen molar-refractivity contribution in [1.82, 2.24) is 4.57 Å². The van der Waals surface area contributed by atoms with Crippen LogP contribution >= 0.6 is 0 Å². The molecule has 1 heterocycles. The molecule has 0 aliphatic rings. The molecule has 0 amide bonds. The molecule has 0 unspecified atom stereocenters. The van der Waals surface area contributed by atoms with Gasteiger partial charge in [0, 0.05) is 17.8 Å². The number of carbonyl (C=O) groups excluding carboxylic acids is 2. The Labute approximate surface area is 126 Å². The first-order chi connectivity index (χ1) is 10.6.